The molecule has 148 valence electrons. The highest BCUT2D eigenvalue weighted by atomic mass is 32.1. The summed E-state index contributed by atoms with van der Waals surface area (Å²) in [4.78, 5) is 28.0. The van der Waals surface area contributed by atoms with Crippen LogP contribution in [-0.4, -0.2) is 22.3 Å². The third kappa shape index (κ3) is 4.98. The molecular weight excluding hydrogens is 374 g/mol. The zero-order valence-electron chi connectivity index (χ0n) is 16.4. The number of pyridine rings is 1. The van der Waals surface area contributed by atoms with Crippen LogP contribution in [0.4, 0.5) is 5.69 Å². The van der Waals surface area contributed by atoms with E-state index in [1.54, 1.807) is 10.6 Å². The van der Waals surface area contributed by atoms with Crippen LogP contribution in [0.2, 0.25) is 0 Å². The van der Waals surface area contributed by atoms with Gasteiger partial charge in [-0.25, -0.2) is 0 Å². The number of ketones is 1. The second-order valence-electron chi connectivity index (χ2n) is 6.48. The summed E-state index contributed by atoms with van der Waals surface area (Å²) < 4.78 is 1.73. The first-order valence-corrected chi connectivity index (χ1v) is 9.84. The number of aliphatic imine (C=N–C) groups is 1. The maximum atomic E-state index is 13.2. The Morgan fingerprint density at radius 3 is 2.36 bits per heavy atom. The van der Waals surface area contributed by atoms with Crippen molar-refractivity contribution in [3.8, 4) is 0 Å². The molecule has 0 bridgehead atoms. The van der Waals surface area contributed by atoms with Gasteiger partial charge < -0.3 is 17.6 Å². The molecule has 0 saturated carbocycles. The maximum absolute atomic E-state index is 13.2. The number of nitro benzene ring substituents is 1. The van der Waals surface area contributed by atoms with E-state index in [1.807, 2.05) is 31.5 Å². The van der Waals surface area contributed by atoms with Crippen molar-refractivity contribution in [2.24, 2.45) is 4.99 Å². The number of Topliss-reactive ketones (excluding diaryl/α,β-unsaturated/α-hetero) is 1. The predicted octanol–water partition coefficient (Wildman–Crippen LogP) is 4.18. The van der Waals surface area contributed by atoms with E-state index in [0.29, 0.717) is 12.5 Å². The molecule has 0 radical (unpaired) electrons. The largest absolute Gasteiger partial charge is 0.758 e. The molecule has 0 aliphatic heterocycles. The second kappa shape index (κ2) is 10.0. The van der Waals surface area contributed by atoms with Crippen LogP contribution in [0.3, 0.4) is 0 Å². The number of carbonyl (C=O) groups is 1. The normalized spacial score (nSPS) is 12.8. The molecule has 7 heteroatoms. The van der Waals surface area contributed by atoms with E-state index in [4.69, 9.17) is 12.6 Å². The summed E-state index contributed by atoms with van der Waals surface area (Å²) in [5, 5.41) is 11.3. The van der Waals surface area contributed by atoms with Gasteiger partial charge in [-0.3, -0.25) is 14.9 Å². The summed E-state index contributed by atoms with van der Waals surface area (Å²) in [5.41, 5.74) is 1.32. The first-order chi connectivity index (χ1) is 13.4. The first-order valence-electron chi connectivity index (χ1n) is 9.43. The monoisotopic (exact) mass is 399 g/mol. The molecule has 0 aliphatic rings. The van der Waals surface area contributed by atoms with Crippen molar-refractivity contribution >= 4 is 29.1 Å². The molecular formula is C21H25N3O3S. The number of rotatable bonds is 9. The Kier molecular flexibility index (Phi) is 7.75. The standard InChI is InChI=1S/C21H25N3O3S/c1-4-15(5-2)16-10-12-23(13-11-16)19(21(28)22-6-3)20(25)17-8-7-9-18(14-17)24(26)27/h7-15,19H,4-6H2,1-3H3/t19-/m0/s1. The van der Waals surface area contributed by atoms with Gasteiger partial charge in [0, 0.05) is 36.4 Å². The van der Waals surface area contributed by atoms with Gasteiger partial charge in [-0.15, -0.1) is 0 Å². The minimum Gasteiger partial charge on any atom is -0.758 e. The van der Waals surface area contributed by atoms with Gasteiger partial charge in [-0.1, -0.05) is 26.0 Å². The van der Waals surface area contributed by atoms with Crippen molar-refractivity contribution in [1.82, 2.24) is 0 Å². The van der Waals surface area contributed by atoms with E-state index in [0.717, 1.165) is 12.8 Å². The quantitative estimate of drug-likeness (QED) is 0.121. The van der Waals surface area contributed by atoms with Crippen LogP contribution < -0.4 is 4.57 Å². The van der Waals surface area contributed by atoms with E-state index >= 15 is 0 Å². The highest BCUT2D eigenvalue weighted by Gasteiger charge is 2.29. The van der Waals surface area contributed by atoms with Gasteiger partial charge in [0.2, 0.25) is 11.8 Å². The van der Waals surface area contributed by atoms with Crippen molar-refractivity contribution in [3.05, 3.63) is 70.0 Å². The van der Waals surface area contributed by atoms with Crippen LogP contribution >= 0.6 is 0 Å². The van der Waals surface area contributed by atoms with Gasteiger partial charge >= 0.3 is 0 Å². The third-order valence-electron chi connectivity index (χ3n) is 4.77. The lowest BCUT2D eigenvalue weighted by Crippen LogP contribution is -2.47. The van der Waals surface area contributed by atoms with Gasteiger partial charge in [-0.2, -0.15) is 4.57 Å². The van der Waals surface area contributed by atoms with Crippen molar-refractivity contribution in [2.75, 3.05) is 6.54 Å². The van der Waals surface area contributed by atoms with Gasteiger partial charge in [-0.05, 0) is 36.3 Å². The van der Waals surface area contributed by atoms with E-state index in [-0.39, 0.29) is 22.1 Å². The molecule has 0 saturated heterocycles. The van der Waals surface area contributed by atoms with Crippen LogP contribution in [0, 0.1) is 10.1 Å². The SMILES string of the molecule is CCN=C([S-])[C@H](C(=O)c1cccc([N+](=O)[O-])c1)[n+]1ccc(C(CC)CC)cc1. The minimum atomic E-state index is -0.812. The van der Waals surface area contributed by atoms with Crippen molar-refractivity contribution in [1.29, 1.82) is 0 Å². The number of aromatic nitrogens is 1. The van der Waals surface area contributed by atoms with E-state index in [1.165, 1.54) is 23.8 Å². The summed E-state index contributed by atoms with van der Waals surface area (Å²) >= 11 is 5.41. The highest BCUT2D eigenvalue weighted by Crippen LogP contribution is 2.22. The number of nitrogens with zero attached hydrogens (tertiary/aromatic N) is 3. The highest BCUT2D eigenvalue weighted by molar-refractivity contribution is 7.77. The maximum Gasteiger partial charge on any atom is 0.270 e. The zero-order valence-corrected chi connectivity index (χ0v) is 17.2. The lowest BCUT2D eigenvalue weighted by Gasteiger charge is -2.19. The number of benzene rings is 1. The average Bonchev–Trinajstić information content (AvgIpc) is 2.70. The fourth-order valence-electron chi connectivity index (χ4n) is 3.20. The first kappa shape index (κ1) is 21.6. The molecule has 1 heterocycles. The summed E-state index contributed by atoms with van der Waals surface area (Å²) in [7, 11) is 0. The topological polar surface area (TPSA) is 76.4 Å². The predicted molar refractivity (Wildman–Crippen MR) is 112 cm³/mol. The molecule has 0 N–H and O–H groups in total. The van der Waals surface area contributed by atoms with Crippen molar-refractivity contribution in [2.45, 2.75) is 45.6 Å². The van der Waals surface area contributed by atoms with Gasteiger partial charge in [0.25, 0.3) is 5.69 Å². The van der Waals surface area contributed by atoms with Gasteiger partial charge in [0.1, 0.15) is 0 Å². The fraction of sp³-hybridized carbons (Fsp3) is 0.381. The molecule has 1 atom stereocenters. The second-order valence-corrected chi connectivity index (χ2v) is 6.90. The molecule has 0 aliphatic carbocycles. The lowest BCUT2D eigenvalue weighted by atomic mass is 9.95. The van der Waals surface area contributed by atoms with Gasteiger partial charge in [0.15, 0.2) is 12.4 Å². The summed E-state index contributed by atoms with van der Waals surface area (Å²) in [6.07, 6.45) is 5.76. The average molecular weight is 400 g/mol. The molecule has 2 aromatic rings. The number of non-ortho nitro benzene ring substituents is 1. The Bertz CT molecular complexity index is 861. The molecule has 0 amide bonds. The zero-order chi connectivity index (χ0) is 20.7. The van der Waals surface area contributed by atoms with Crippen molar-refractivity contribution in [3.63, 3.8) is 0 Å². The van der Waals surface area contributed by atoms with Crippen LogP contribution in [0.15, 0.2) is 53.8 Å². The number of carbonyl (C=O) groups excluding carboxylic acids is 1. The molecule has 1 aromatic carbocycles. The Morgan fingerprint density at radius 2 is 1.82 bits per heavy atom. The Balaban J connectivity index is 2.45. The Morgan fingerprint density at radius 1 is 1.18 bits per heavy atom. The van der Waals surface area contributed by atoms with Crippen LogP contribution in [-0.2, 0) is 12.6 Å². The Hall–Kier alpha value is -2.67. The summed E-state index contributed by atoms with van der Waals surface area (Å²) in [6, 6.07) is 8.90. The number of hydrogen-bond donors (Lipinski definition) is 0. The molecule has 0 spiro atoms. The van der Waals surface area contributed by atoms with E-state index in [2.05, 4.69) is 18.8 Å². The lowest BCUT2D eigenvalue weighted by molar-refractivity contribution is -0.692. The Labute approximate surface area is 170 Å². The number of nitro groups is 1. The smallest absolute Gasteiger partial charge is 0.270 e. The molecule has 1 aromatic heterocycles. The molecule has 6 nitrogen and oxygen atoms in total. The van der Waals surface area contributed by atoms with Crippen LogP contribution in [0.5, 0.6) is 0 Å². The third-order valence-corrected chi connectivity index (χ3v) is 5.12. The molecule has 0 unspecified atom stereocenters. The van der Waals surface area contributed by atoms with Crippen LogP contribution in [0.25, 0.3) is 0 Å². The van der Waals surface area contributed by atoms with Crippen molar-refractivity contribution < 1.29 is 14.3 Å². The fourth-order valence-corrected chi connectivity index (χ4v) is 3.56. The summed E-state index contributed by atoms with van der Waals surface area (Å²) in [5.74, 6) is 0.152. The van der Waals surface area contributed by atoms with E-state index in [9.17, 15) is 14.9 Å². The van der Waals surface area contributed by atoms with Crippen LogP contribution in [0.1, 0.15) is 61.5 Å². The van der Waals surface area contributed by atoms with E-state index < -0.39 is 11.0 Å². The molecule has 0 fully saturated rings. The molecule has 2 rings (SSSR count). The molecule has 28 heavy (non-hydrogen) atoms. The minimum absolute atomic E-state index is 0.128. The number of hydrogen-bond acceptors (Lipinski definition) is 5. The van der Waals surface area contributed by atoms with Gasteiger partial charge in [0.05, 0.1) is 4.92 Å². The summed E-state index contributed by atoms with van der Waals surface area (Å²) in [6.45, 7) is 6.62.